The molecule has 0 aliphatic heterocycles. The molecule has 0 spiro atoms. The van der Waals surface area contributed by atoms with Gasteiger partial charge in [0.25, 0.3) is 0 Å². The molecule has 1 aliphatic carbocycles. The van der Waals surface area contributed by atoms with Crippen LogP contribution in [0.3, 0.4) is 0 Å². The van der Waals surface area contributed by atoms with Gasteiger partial charge in [-0.1, -0.05) is 0 Å². The summed E-state index contributed by atoms with van der Waals surface area (Å²) in [5.74, 6) is 0. The molecule has 0 saturated heterocycles. The normalized spacial score (nSPS) is 15.2. The van der Waals surface area contributed by atoms with Crippen molar-refractivity contribution in [1.82, 2.24) is 9.38 Å². The Morgan fingerprint density at radius 2 is 2.15 bits per heavy atom. The number of hydrogen-bond donors (Lipinski definition) is 0. The van der Waals surface area contributed by atoms with Gasteiger partial charge < -0.3 is 4.40 Å². The van der Waals surface area contributed by atoms with Crippen LogP contribution in [-0.2, 0) is 12.8 Å². The van der Waals surface area contributed by atoms with E-state index in [1.807, 2.05) is 12.5 Å². The summed E-state index contributed by atoms with van der Waals surface area (Å²) >= 11 is 0. The Labute approximate surface area is 77.2 Å². The van der Waals surface area contributed by atoms with Crippen LogP contribution in [0.4, 0.5) is 0 Å². The molecule has 13 heavy (non-hydrogen) atoms. The first-order valence-corrected chi connectivity index (χ1v) is 4.79. The van der Waals surface area contributed by atoms with Crippen molar-refractivity contribution < 1.29 is 0 Å². The highest BCUT2D eigenvalue weighted by molar-refractivity contribution is 5.60. The van der Waals surface area contributed by atoms with Crippen LogP contribution in [0.25, 0.3) is 5.52 Å². The number of pyridine rings is 1. The summed E-state index contributed by atoms with van der Waals surface area (Å²) in [5, 5.41) is 0. The van der Waals surface area contributed by atoms with Gasteiger partial charge in [0.2, 0.25) is 0 Å². The number of fused-ring (bicyclic) bond motifs is 3. The number of nitrogens with zero attached hydrogens (tertiary/aromatic N) is 2. The van der Waals surface area contributed by atoms with Crippen LogP contribution in [0.5, 0.6) is 0 Å². The fourth-order valence-electron chi connectivity index (χ4n) is 2.39. The van der Waals surface area contributed by atoms with E-state index in [2.05, 4.69) is 22.5 Å². The van der Waals surface area contributed by atoms with E-state index in [1.54, 1.807) is 5.56 Å². The van der Waals surface area contributed by atoms with E-state index in [0.717, 1.165) is 0 Å². The average Bonchev–Trinajstić information content (AvgIpc) is 2.66. The van der Waals surface area contributed by atoms with Crippen molar-refractivity contribution in [1.29, 1.82) is 0 Å². The van der Waals surface area contributed by atoms with Gasteiger partial charge in [-0.25, -0.2) is 4.98 Å². The largest absolute Gasteiger partial charge is 0.306 e. The summed E-state index contributed by atoms with van der Waals surface area (Å²) in [6.45, 7) is 2.20. The van der Waals surface area contributed by atoms with E-state index in [0.29, 0.717) is 0 Å². The maximum atomic E-state index is 4.18. The Kier molecular flexibility index (Phi) is 1.29. The third-order valence-corrected chi connectivity index (χ3v) is 3.00. The minimum absolute atomic E-state index is 1.23. The minimum atomic E-state index is 1.23. The van der Waals surface area contributed by atoms with Crippen molar-refractivity contribution in [2.75, 3.05) is 0 Å². The van der Waals surface area contributed by atoms with Crippen LogP contribution in [-0.4, -0.2) is 9.38 Å². The van der Waals surface area contributed by atoms with Crippen LogP contribution in [0, 0.1) is 6.92 Å². The van der Waals surface area contributed by atoms with Gasteiger partial charge in [-0.05, 0) is 42.9 Å². The maximum absolute atomic E-state index is 4.18. The van der Waals surface area contributed by atoms with Crippen molar-refractivity contribution in [2.24, 2.45) is 0 Å². The molecule has 2 nitrogen and oxygen atoms in total. The lowest BCUT2D eigenvalue weighted by molar-refractivity contribution is 0.911. The van der Waals surface area contributed by atoms with E-state index in [1.165, 1.54) is 35.9 Å². The van der Waals surface area contributed by atoms with Crippen molar-refractivity contribution in [3.8, 4) is 0 Å². The first kappa shape index (κ1) is 7.13. The summed E-state index contributed by atoms with van der Waals surface area (Å²) < 4.78 is 2.14. The Hall–Kier alpha value is -1.31. The van der Waals surface area contributed by atoms with Gasteiger partial charge in [0.1, 0.15) is 0 Å². The molecule has 0 saturated carbocycles. The predicted molar refractivity (Wildman–Crippen MR) is 52.0 cm³/mol. The van der Waals surface area contributed by atoms with Gasteiger partial charge in [-0.2, -0.15) is 0 Å². The standard InChI is InChI=1S/C11H12N2/c1-8-6-13-7-12-5-11(13)10-4-2-3-9(8)10/h5-7H,2-4H2,1H3. The number of aromatic nitrogens is 2. The first-order chi connectivity index (χ1) is 6.36. The fraction of sp³-hybridized carbons (Fsp3) is 0.364. The van der Waals surface area contributed by atoms with E-state index < -0.39 is 0 Å². The predicted octanol–water partition coefficient (Wildman–Crippen LogP) is 2.13. The summed E-state index contributed by atoms with van der Waals surface area (Å²) in [6.07, 6.45) is 9.84. The second-order valence-corrected chi connectivity index (χ2v) is 3.81. The molecule has 1 aliphatic rings. The molecular weight excluding hydrogens is 160 g/mol. The molecule has 0 fully saturated rings. The van der Waals surface area contributed by atoms with Crippen LogP contribution >= 0.6 is 0 Å². The van der Waals surface area contributed by atoms with Gasteiger partial charge in [0.15, 0.2) is 0 Å². The molecule has 0 N–H and O–H groups in total. The number of aryl methyl sites for hydroxylation is 2. The molecule has 0 unspecified atom stereocenters. The Balaban J connectivity index is 2.48. The lowest BCUT2D eigenvalue weighted by Gasteiger charge is -2.06. The summed E-state index contributed by atoms with van der Waals surface area (Å²) in [4.78, 5) is 4.18. The molecule has 2 heterocycles. The molecule has 2 heteroatoms. The van der Waals surface area contributed by atoms with Crippen molar-refractivity contribution >= 4 is 5.52 Å². The van der Waals surface area contributed by atoms with E-state index >= 15 is 0 Å². The molecule has 3 rings (SSSR count). The zero-order chi connectivity index (χ0) is 8.84. The average molecular weight is 172 g/mol. The topological polar surface area (TPSA) is 17.3 Å². The third-order valence-electron chi connectivity index (χ3n) is 3.00. The zero-order valence-corrected chi connectivity index (χ0v) is 7.75. The van der Waals surface area contributed by atoms with Crippen molar-refractivity contribution in [3.05, 3.63) is 35.4 Å². The Bertz CT molecular complexity index is 468. The molecular formula is C11H12N2. The van der Waals surface area contributed by atoms with Crippen LogP contribution in [0.1, 0.15) is 23.1 Å². The number of imidazole rings is 1. The third kappa shape index (κ3) is 0.857. The molecule has 2 aromatic heterocycles. The quantitative estimate of drug-likeness (QED) is 0.595. The van der Waals surface area contributed by atoms with Gasteiger partial charge in [-0.15, -0.1) is 0 Å². The van der Waals surface area contributed by atoms with Crippen LogP contribution in [0.2, 0.25) is 0 Å². The molecule has 0 amide bonds. The lowest BCUT2D eigenvalue weighted by Crippen LogP contribution is -1.93. The Morgan fingerprint density at radius 1 is 1.31 bits per heavy atom. The molecule has 0 radical (unpaired) electrons. The molecule has 2 aromatic rings. The molecule has 0 bridgehead atoms. The molecule has 0 atom stereocenters. The van der Waals surface area contributed by atoms with Crippen molar-refractivity contribution in [3.63, 3.8) is 0 Å². The summed E-state index contributed by atoms with van der Waals surface area (Å²) in [5.41, 5.74) is 5.81. The van der Waals surface area contributed by atoms with Gasteiger partial charge in [-0.3, -0.25) is 0 Å². The van der Waals surface area contributed by atoms with Gasteiger partial charge in [0.05, 0.1) is 18.0 Å². The van der Waals surface area contributed by atoms with Crippen LogP contribution < -0.4 is 0 Å². The molecule has 66 valence electrons. The SMILES string of the molecule is Cc1cn2cncc2c2c1CCC2. The zero-order valence-electron chi connectivity index (χ0n) is 7.75. The van der Waals surface area contributed by atoms with E-state index in [9.17, 15) is 0 Å². The highest BCUT2D eigenvalue weighted by Gasteiger charge is 2.16. The van der Waals surface area contributed by atoms with E-state index in [4.69, 9.17) is 0 Å². The fourth-order valence-corrected chi connectivity index (χ4v) is 2.39. The highest BCUT2D eigenvalue weighted by atomic mass is 15.0. The number of rotatable bonds is 0. The second kappa shape index (κ2) is 2.34. The smallest absolute Gasteiger partial charge is 0.0992 e. The van der Waals surface area contributed by atoms with Crippen LogP contribution in [0.15, 0.2) is 18.7 Å². The van der Waals surface area contributed by atoms with Gasteiger partial charge in [0, 0.05) is 6.20 Å². The van der Waals surface area contributed by atoms with E-state index in [-0.39, 0.29) is 0 Å². The van der Waals surface area contributed by atoms with Gasteiger partial charge >= 0.3 is 0 Å². The molecule has 0 aromatic carbocycles. The maximum Gasteiger partial charge on any atom is 0.0992 e. The minimum Gasteiger partial charge on any atom is -0.306 e. The van der Waals surface area contributed by atoms with Crippen molar-refractivity contribution in [2.45, 2.75) is 26.2 Å². The second-order valence-electron chi connectivity index (χ2n) is 3.81. The lowest BCUT2D eigenvalue weighted by atomic mass is 10.1. The first-order valence-electron chi connectivity index (χ1n) is 4.79. The summed E-state index contributed by atoms with van der Waals surface area (Å²) in [7, 11) is 0. The highest BCUT2D eigenvalue weighted by Crippen LogP contribution is 2.28. The monoisotopic (exact) mass is 172 g/mol. The Morgan fingerprint density at radius 3 is 3.08 bits per heavy atom. The summed E-state index contributed by atoms with van der Waals surface area (Å²) in [6, 6.07) is 0. The number of hydrogen-bond acceptors (Lipinski definition) is 1.